The minimum Gasteiger partial charge on any atom is -0.507 e. The first-order valence-corrected chi connectivity index (χ1v) is 7.35. The lowest BCUT2D eigenvalue weighted by molar-refractivity contribution is -0.384. The average Bonchev–Trinajstić information content (AvgIpc) is 2.84. The topological polar surface area (TPSA) is 113 Å². The van der Waals surface area contributed by atoms with E-state index in [4.69, 9.17) is 11.6 Å². The molecule has 3 rings (SSSR count). The number of hydrogen-bond acceptors (Lipinski definition) is 5. The van der Waals surface area contributed by atoms with Crippen molar-refractivity contribution in [2.75, 3.05) is 5.01 Å². The van der Waals surface area contributed by atoms with Crippen LogP contribution in [0, 0.1) is 10.1 Å². The molecular formula is C16H10ClN3O5. The number of amides is 2. The zero-order valence-corrected chi connectivity index (χ0v) is 13.2. The number of benzene rings is 2. The Morgan fingerprint density at radius 2 is 1.96 bits per heavy atom. The molecule has 0 spiro atoms. The van der Waals surface area contributed by atoms with Gasteiger partial charge in [-0.25, -0.2) is 5.01 Å². The van der Waals surface area contributed by atoms with Crippen LogP contribution in [0.15, 0.2) is 48.0 Å². The molecule has 0 aromatic heterocycles. The molecule has 1 fully saturated rings. The molecule has 0 aliphatic carbocycles. The zero-order valence-electron chi connectivity index (χ0n) is 12.5. The van der Waals surface area contributed by atoms with Gasteiger partial charge in [0.05, 0.1) is 10.6 Å². The molecule has 1 saturated heterocycles. The van der Waals surface area contributed by atoms with Crippen LogP contribution in [-0.2, 0) is 9.59 Å². The summed E-state index contributed by atoms with van der Waals surface area (Å²) in [6.45, 7) is 0. The third kappa shape index (κ3) is 3.15. The fourth-order valence-corrected chi connectivity index (χ4v) is 2.47. The predicted molar refractivity (Wildman–Crippen MR) is 89.8 cm³/mol. The lowest BCUT2D eigenvalue weighted by atomic mass is 10.1. The number of carbonyl (C=O) groups excluding carboxylic acids is 2. The number of non-ortho nitro benzene ring substituents is 1. The number of nitro benzene ring substituents is 1. The molecule has 0 unspecified atom stereocenters. The molecule has 1 heterocycles. The van der Waals surface area contributed by atoms with Crippen molar-refractivity contribution in [3.05, 3.63) is 68.7 Å². The van der Waals surface area contributed by atoms with Crippen molar-refractivity contribution in [3.63, 3.8) is 0 Å². The fraction of sp³-hybridized carbons (Fsp3) is 0. The summed E-state index contributed by atoms with van der Waals surface area (Å²) in [5, 5.41) is 22.1. The SMILES string of the molecule is O=C1NN(c2cccc(Cl)c2)C(=O)/C1=C\c1cc([N+](=O)[O-])ccc1O. The van der Waals surface area contributed by atoms with E-state index >= 15 is 0 Å². The Morgan fingerprint density at radius 3 is 2.64 bits per heavy atom. The molecule has 0 saturated carbocycles. The minimum atomic E-state index is -0.698. The zero-order chi connectivity index (χ0) is 18.1. The maximum absolute atomic E-state index is 12.5. The molecule has 2 aromatic rings. The molecule has 8 nitrogen and oxygen atoms in total. The van der Waals surface area contributed by atoms with Crippen molar-refractivity contribution in [1.82, 2.24) is 5.43 Å². The first-order chi connectivity index (χ1) is 11.9. The number of phenols is 1. The van der Waals surface area contributed by atoms with Crippen LogP contribution in [0.4, 0.5) is 11.4 Å². The van der Waals surface area contributed by atoms with E-state index in [2.05, 4.69) is 5.43 Å². The van der Waals surface area contributed by atoms with Crippen molar-refractivity contribution < 1.29 is 19.6 Å². The van der Waals surface area contributed by atoms with E-state index < -0.39 is 16.7 Å². The van der Waals surface area contributed by atoms with Gasteiger partial charge >= 0.3 is 0 Å². The number of carbonyl (C=O) groups is 2. The fourth-order valence-electron chi connectivity index (χ4n) is 2.28. The van der Waals surface area contributed by atoms with Crippen LogP contribution in [0.1, 0.15) is 5.56 Å². The molecule has 1 aliphatic heterocycles. The van der Waals surface area contributed by atoms with E-state index in [1.165, 1.54) is 6.07 Å². The quantitative estimate of drug-likeness (QED) is 0.378. The second-order valence-corrected chi connectivity index (χ2v) is 5.56. The van der Waals surface area contributed by atoms with Gasteiger partial charge in [0.2, 0.25) is 0 Å². The van der Waals surface area contributed by atoms with Crippen LogP contribution >= 0.6 is 11.6 Å². The average molecular weight is 360 g/mol. The van der Waals surface area contributed by atoms with E-state index in [0.717, 1.165) is 29.3 Å². The summed E-state index contributed by atoms with van der Waals surface area (Å²) in [7, 11) is 0. The third-order valence-electron chi connectivity index (χ3n) is 3.48. The summed E-state index contributed by atoms with van der Waals surface area (Å²) in [4.78, 5) is 34.8. The molecule has 0 bridgehead atoms. The van der Waals surface area contributed by atoms with Crippen LogP contribution < -0.4 is 10.4 Å². The van der Waals surface area contributed by atoms with Crippen LogP contribution in [0.25, 0.3) is 6.08 Å². The highest BCUT2D eigenvalue weighted by atomic mass is 35.5. The Labute approximate surface area is 146 Å². The largest absolute Gasteiger partial charge is 0.507 e. The number of nitro groups is 1. The molecule has 9 heteroatoms. The molecule has 2 amide bonds. The second kappa shape index (κ2) is 6.25. The van der Waals surface area contributed by atoms with E-state index in [1.54, 1.807) is 18.2 Å². The summed E-state index contributed by atoms with van der Waals surface area (Å²) >= 11 is 5.88. The number of halogens is 1. The number of phenolic OH excluding ortho intramolecular Hbond substituents is 1. The number of nitrogens with one attached hydrogen (secondary N) is 1. The van der Waals surface area contributed by atoms with Gasteiger partial charge in [-0.2, -0.15) is 0 Å². The highest BCUT2D eigenvalue weighted by molar-refractivity contribution is 6.33. The summed E-state index contributed by atoms with van der Waals surface area (Å²) in [5.41, 5.74) is 2.18. The monoisotopic (exact) mass is 359 g/mol. The number of rotatable bonds is 3. The Kier molecular flexibility index (Phi) is 4.12. The number of hydrogen-bond donors (Lipinski definition) is 2. The van der Waals surface area contributed by atoms with Gasteiger partial charge in [0.25, 0.3) is 17.5 Å². The van der Waals surface area contributed by atoms with E-state index in [0.29, 0.717) is 10.7 Å². The van der Waals surface area contributed by atoms with Gasteiger partial charge in [0.1, 0.15) is 11.3 Å². The maximum Gasteiger partial charge on any atom is 0.282 e. The van der Waals surface area contributed by atoms with Crippen molar-refractivity contribution in [2.24, 2.45) is 0 Å². The summed E-state index contributed by atoms with van der Waals surface area (Å²) in [6.07, 6.45) is 1.10. The number of hydrazine groups is 1. The Hall–Kier alpha value is -3.39. The Balaban J connectivity index is 1.99. The standard InChI is InChI=1S/C16H10ClN3O5/c17-10-2-1-3-11(8-10)19-16(23)13(15(22)18-19)7-9-6-12(20(24)25)4-5-14(9)21/h1-8,21H,(H,18,22)/b13-7-. The van der Waals surface area contributed by atoms with Gasteiger partial charge in [-0.15, -0.1) is 0 Å². The highest BCUT2D eigenvalue weighted by Gasteiger charge is 2.34. The van der Waals surface area contributed by atoms with E-state index in [-0.39, 0.29) is 22.6 Å². The summed E-state index contributed by atoms with van der Waals surface area (Å²) in [6, 6.07) is 9.62. The molecule has 126 valence electrons. The predicted octanol–water partition coefficient (Wildman–Crippen LogP) is 2.42. The number of aromatic hydroxyl groups is 1. The molecule has 0 radical (unpaired) electrons. The van der Waals surface area contributed by atoms with Crippen molar-refractivity contribution in [1.29, 1.82) is 0 Å². The normalized spacial score (nSPS) is 15.6. The molecule has 25 heavy (non-hydrogen) atoms. The summed E-state index contributed by atoms with van der Waals surface area (Å²) in [5.74, 6) is -1.66. The van der Waals surface area contributed by atoms with Gasteiger partial charge in [0, 0.05) is 22.7 Å². The van der Waals surface area contributed by atoms with Gasteiger partial charge in [-0.05, 0) is 30.3 Å². The molecule has 1 aliphatic rings. The van der Waals surface area contributed by atoms with Crippen molar-refractivity contribution >= 4 is 40.9 Å². The molecule has 2 aromatic carbocycles. The van der Waals surface area contributed by atoms with E-state index in [1.807, 2.05) is 0 Å². The van der Waals surface area contributed by atoms with Crippen molar-refractivity contribution in [3.8, 4) is 5.75 Å². The first kappa shape index (κ1) is 16.5. The smallest absolute Gasteiger partial charge is 0.282 e. The third-order valence-corrected chi connectivity index (χ3v) is 3.71. The molecule has 2 N–H and O–H groups in total. The van der Waals surface area contributed by atoms with Crippen LogP contribution in [0.5, 0.6) is 5.75 Å². The van der Waals surface area contributed by atoms with Gasteiger partial charge < -0.3 is 5.11 Å². The van der Waals surface area contributed by atoms with E-state index in [9.17, 15) is 24.8 Å². The molecule has 0 atom stereocenters. The lowest BCUT2D eigenvalue weighted by Gasteiger charge is -2.14. The van der Waals surface area contributed by atoms with Crippen molar-refractivity contribution in [2.45, 2.75) is 0 Å². The van der Waals surface area contributed by atoms with Crippen LogP contribution in [-0.4, -0.2) is 21.8 Å². The number of anilines is 1. The van der Waals surface area contributed by atoms with Gasteiger partial charge in [-0.3, -0.25) is 25.1 Å². The number of nitrogens with zero attached hydrogens (tertiary/aromatic N) is 2. The lowest BCUT2D eigenvalue weighted by Crippen LogP contribution is -2.35. The van der Waals surface area contributed by atoms with Gasteiger partial charge in [-0.1, -0.05) is 17.7 Å². The maximum atomic E-state index is 12.5. The van der Waals surface area contributed by atoms with Crippen LogP contribution in [0.3, 0.4) is 0 Å². The molecular weight excluding hydrogens is 350 g/mol. The highest BCUT2D eigenvalue weighted by Crippen LogP contribution is 2.28. The Bertz CT molecular complexity index is 941. The van der Waals surface area contributed by atoms with Gasteiger partial charge in [0.15, 0.2) is 0 Å². The summed E-state index contributed by atoms with van der Waals surface area (Å²) < 4.78 is 0. The first-order valence-electron chi connectivity index (χ1n) is 6.97. The second-order valence-electron chi connectivity index (χ2n) is 5.12. The minimum absolute atomic E-state index is 0.0133. The Morgan fingerprint density at radius 1 is 1.20 bits per heavy atom. The van der Waals surface area contributed by atoms with Crippen LogP contribution in [0.2, 0.25) is 5.02 Å².